The zero-order valence-corrected chi connectivity index (χ0v) is 9.19. The van der Waals surface area contributed by atoms with Crippen molar-refractivity contribution >= 4 is 0 Å². The van der Waals surface area contributed by atoms with Crippen molar-refractivity contribution in [1.29, 1.82) is 0 Å². The molecule has 0 saturated carbocycles. The summed E-state index contributed by atoms with van der Waals surface area (Å²) in [4.78, 5) is 0. The predicted octanol–water partition coefficient (Wildman–Crippen LogP) is 0.495. The summed E-state index contributed by atoms with van der Waals surface area (Å²) in [6, 6.07) is 0. The average molecular weight is 212 g/mol. The minimum absolute atomic E-state index is 0.124. The van der Waals surface area contributed by atoms with Gasteiger partial charge in [0.1, 0.15) is 12.2 Å². The Morgan fingerprint density at radius 1 is 1.33 bits per heavy atom. The van der Waals surface area contributed by atoms with Crippen LogP contribution in [0.15, 0.2) is 0 Å². The van der Waals surface area contributed by atoms with Gasteiger partial charge in [-0.15, -0.1) is 6.42 Å². The number of aliphatic hydroxyl groups excluding tert-OH is 1. The molecule has 2 fully saturated rings. The Morgan fingerprint density at radius 2 is 2.00 bits per heavy atom. The first-order valence-corrected chi connectivity index (χ1v) is 5.02. The summed E-state index contributed by atoms with van der Waals surface area (Å²) in [5.41, 5.74) is -0.632. The van der Waals surface area contributed by atoms with Crippen LogP contribution < -0.4 is 0 Å². The molecule has 2 heterocycles. The second-order valence-electron chi connectivity index (χ2n) is 4.66. The molecule has 0 aliphatic carbocycles. The highest BCUT2D eigenvalue weighted by Gasteiger charge is 2.60. The fourth-order valence-electron chi connectivity index (χ4n) is 2.13. The van der Waals surface area contributed by atoms with Gasteiger partial charge in [0.05, 0.1) is 12.0 Å². The summed E-state index contributed by atoms with van der Waals surface area (Å²) < 4.78 is 16.8. The van der Waals surface area contributed by atoms with Gasteiger partial charge in [-0.2, -0.15) is 0 Å². The first-order valence-electron chi connectivity index (χ1n) is 5.02. The van der Waals surface area contributed by atoms with Crippen molar-refractivity contribution in [3.63, 3.8) is 0 Å². The molecule has 2 aliphatic heterocycles. The summed E-state index contributed by atoms with van der Waals surface area (Å²) in [6.07, 6.45) is 4.29. The van der Waals surface area contributed by atoms with Crippen molar-refractivity contribution in [1.82, 2.24) is 0 Å². The van der Waals surface area contributed by atoms with E-state index in [4.69, 9.17) is 20.6 Å². The topological polar surface area (TPSA) is 47.9 Å². The van der Waals surface area contributed by atoms with Gasteiger partial charge in [0.25, 0.3) is 0 Å². The zero-order valence-electron chi connectivity index (χ0n) is 9.19. The molecule has 1 N–H and O–H groups in total. The van der Waals surface area contributed by atoms with Crippen molar-refractivity contribution in [2.24, 2.45) is 5.41 Å². The predicted molar refractivity (Wildman–Crippen MR) is 52.7 cm³/mol. The molecule has 4 atom stereocenters. The normalized spacial score (nSPS) is 47.5. The van der Waals surface area contributed by atoms with Gasteiger partial charge in [-0.05, 0) is 20.8 Å². The average Bonchev–Trinajstić information content (AvgIpc) is 2.60. The SMILES string of the molecule is C#C[C@@]1(C)[C@@H](CO)O[C@@H]2OC(C)(C)O[C@@H]21. The largest absolute Gasteiger partial charge is 0.394 e. The third-order valence-electron chi connectivity index (χ3n) is 3.09. The standard InChI is InChI=1S/C11H16O4/c1-5-11(4)7(6-12)13-9-8(11)14-10(2,3)15-9/h1,7-9,12H,6H2,2-4H3/t7-,8+,9-,11+/m1/s1. The fourth-order valence-corrected chi connectivity index (χ4v) is 2.13. The Hall–Kier alpha value is -0.600. The minimum Gasteiger partial charge on any atom is -0.394 e. The lowest BCUT2D eigenvalue weighted by Crippen LogP contribution is -2.40. The van der Waals surface area contributed by atoms with Crippen molar-refractivity contribution < 1.29 is 19.3 Å². The van der Waals surface area contributed by atoms with Crippen LogP contribution in [0.1, 0.15) is 20.8 Å². The van der Waals surface area contributed by atoms with Gasteiger partial charge in [-0.25, -0.2) is 0 Å². The molecule has 2 saturated heterocycles. The number of hydrogen-bond donors (Lipinski definition) is 1. The lowest BCUT2D eigenvalue weighted by molar-refractivity contribution is -0.217. The third kappa shape index (κ3) is 1.47. The van der Waals surface area contributed by atoms with Crippen LogP contribution in [0.3, 0.4) is 0 Å². The molecule has 0 aromatic heterocycles. The molecule has 0 spiro atoms. The van der Waals surface area contributed by atoms with E-state index in [9.17, 15) is 5.11 Å². The van der Waals surface area contributed by atoms with Crippen LogP contribution in [0.4, 0.5) is 0 Å². The van der Waals surface area contributed by atoms with E-state index in [1.54, 1.807) is 0 Å². The van der Waals surface area contributed by atoms with Crippen molar-refractivity contribution in [3.8, 4) is 12.3 Å². The van der Waals surface area contributed by atoms with Crippen molar-refractivity contribution in [3.05, 3.63) is 0 Å². The zero-order chi connectivity index (χ0) is 11.3. The highest BCUT2D eigenvalue weighted by atomic mass is 16.8. The summed E-state index contributed by atoms with van der Waals surface area (Å²) in [7, 11) is 0. The lowest BCUT2D eigenvalue weighted by atomic mass is 9.82. The molecule has 84 valence electrons. The van der Waals surface area contributed by atoms with E-state index in [1.165, 1.54) is 0 Å². The van der Waals surface area contributed by atoms with Crippen LogP contribution in [-0.2, 0) is 14.2 Å². The van der Waals surface area contributed by atoms with Crippen molar-refractivity contribution in [2.45, 2.75) is 45.1 Å². The fraction of sp³-hybridized carbons (Fsp3) is 0.818. The molecule has 0 amide bonds. The molecule has 2 aliphatic rings. The second kappa shape index (κ2) is 3.19. The maximum absolute atomic E-state index is 9.19. The number of rotatable bonds is 1. The Balaban J connectivity index is 2.27. The summed E-state index contributed by atoms with van der Waals surface area (Å²) in [5, 5.41) is 9.19. The Morgan fingerprint density at radius 3 is 2.53 bits per heavy atom. The van der Waals surface area contributed by atoms with Gasteiger partial charge in [0, 0.05) is 0 Å². The molecule has 4 heteroatoms. The van der Waals surface area contributed by atoms with E-state index >= 15 is 0 Å². The number of fused-ring (bicyclic) bond motifs is 1. The molecule has 2 rings (SSSR count). The molecule has 0 radical (unpaired) electrons. The number of terminal acetylenes is 1. The van der Waals surface area contributed by atoms with Gasteiger partial charge in [0.15, 0.2) is 12.1 Å². The number of ether oxygens (including phenoxy) is 3. The maximum Gasteiger partial charge on any atom is 0.189 e. The van der Waals surface area contributed by atoms with E-state index in [0.29, 0.717) is 0 Å². The van der Waals surface area contributed by atoms with Gasteiger partial charge < -0.3 is 19.3 Å². The van der Waals surface area contributed by atoms with Crippen molar-refractivity contribution in [2.75, 3.05) is 6.61 Å². The van der Waals surface area contributed by atoms with Gasteiger partial charge in [-0.3, -0.25) is 0 Å². The van der Waals surface area contributed by atoms with E-state index in [0.717, 1.165) is 0 Å². The molecule has 15 heavy (non-hydrogen) atoms. The molecule has 0 bridgehead atoms. The van der Waals surface area contributed by atoms with Crippen LogP contribution >= 0.6 is 0 Å². The quantitative estimate of drug-likeness (QED) is 0.643. The van der Waals surface area contributed by atoms with E-state index in [-0.39, 0.29) is 12.7 Å². The summed E-state index contributed by atoms with van der Waals surface area (Å²) >= 11 is 0. The highest BCUT2D eigenvalue weighted by molar-refractivity contribution is 5.16. The molecule has 0 aromatic rings. The molecular formula is C11H16O4. The molecule has 0 aromatic carbocycles. The van der Waals surface area contributed by atoms with Crippen LogP contribution in [0.5, 0.6) is 0 Å². The maximum atomic E-state index is 9.19. The minimum atomic E-state index is -0.673. The Kier molecular flexibility index (Phi) is 2.32. The first-order chi connectivity index (χ1) is 6.93. The van der Waals surface area contributed by atoms with E-state index < -0.39 is 23.6 Å². The van der Waals surface area contributed by atoms with Gasteiger partial charge >= 0.3 is 0 Å². The van der Waals surface area contributed by atoms with Gasteiger partial charge in [-0.1, -0.05) is 5.92 Å². The van der Waals surface area contributed by atoms with Crippen LogP contribution in [0.25, 0.3) is 0 Å². The van der Waals surface area contributed by atoms with Crippen LogP contribution in [0, 0.1) is 17.8 Å². The first kappa shape index (κ1) is 10.9. The smallest absolute Gasteiger partial charge is 0.189 e. The van der Waals surface area contributed by atoms with E-state index in [1.807, 2.05) is 20.8 Å². The Bertz CT molecular complexity index is 306. The van der Waals surface area contributed by atoms with Crippen LogP contribution in [-0.4, -0.2) is 36.0 Å². The summed E-state index contributed by atoms with van der Waals surface area (Å²) in [5.74, 6) is 1.99. The van der Waals surface area contributed by atoms with Crippen LogP contribution in [0.2, 0.25) is 0 Å². The second-order valence-corrected chi connectivity index (χ2v) is 4.66. The van der Waals surface area contributed by atoms with E-state index in [2.05, 4.69) is 5.92 Å². The third-order valence-corrected chi connectivity index (χ3v) is 3.09. The summed E-state index contributed by atoms with van der Waals surface area (Å²) in [6.45, 7) is 5.36. The molecule has 4 nitrogen and oxygen atoms in total. The number of aliphatic hydroxyl groups is 1. The molecular weight excluding hydrogens is 196 g/mol. The lowest BCUT2D eigenvalue weighted by Gasteiger charge is -2.29. The Labute approximate surface area is 89.5 Å². The number of hydrogen-bond acceptors (Lipinski definition) is 4. The highest BCUT2D eigenvalue weighted by Crippen LogP contribution is 2.47. The molecule has 0 unspecified atom stereocenters. The monoisotopic (exact) mass is 212 g/mol. The van der Waals surface area contributed by atoms with Gasteiger partial charge in [0.2, 0.25) is 0 Å².